The molecule has 146 valence electrons. The summed E-state index contributed by atoms with van der Waals surface area (Å²) in [5.74, 6) is 1.38. The van der Waals surface area contributed by atoms with Crippen molar-refractivity contribution in [2.75, 3.05) is 46.4 Å². The van der Waals surface area contributed by atoms with Gasteiger partial charge in [-0.25, -0.2) is 4.39 Å². The summed E-state index contributed by atoms with van der Waals surface area (Å²) < 4.78 is 18.9. The van der Waals surface area contributed by atoms with E-state index in [1.54, 1.807) is 19.2 Å². The molecular formula is C20H33FN4O. The number of benzene rings is 1. The van der Waals surface area contributed by atoms with Crippen LogP contribution in [0.5, 0.6) is 0 Å². The maximum Gasteiger partial charge on any atom is 0.191 e. The molecule has 5 nitrogen and oxygen atoms in total. The van der Waals surface area contributed by atoms with Gasteiger partial charge in [0.15, 0.2) is 5.96 Å². The van der Waals surface area contributed by atoms with Gasteiger partial charge in [-0.2, -0.15) is 0 Å². The van der Waals surface area contributed by atoms with E-state index in [-0.39, 0.29) is 5.82 Å². The van der Waals surface area contributed by atoms with Crippen molar-refractivity contribution < 1.29 is 9.13 Å². The summed E-state index contributed by atoms with van der Waals surface area (Å²) in [6.07, 6.45) is 3.19. The van der Waals surface area contributed by atoms with Crippen LogP contribution in [0.25, 0.3) is 0 Å². The number of methoxy groups -OCH3 is 1. The number of nitrogens with one attached hydrogen (secondary N) is 2. The first kappa shape index (κ1) is 20.6. The molecule has 1 aliphatic heterocycles. The topological polar surface area (TPSA) is 48.9 Å². The summed E-state index contributed by atoms with van der Waals surface area (Å²) in [6.45, 7) is 8.11. The van der Waals surface area contributed by atoms with Crippen molar-refractivity contribution in [3.63, 3.8) is 0 Å². The maximum atomic E-state index is 13.8. The van der Waals surface area contributed by atoms with Gasteiger partial charge < -0.3 is 15.4 Å². The van der Waals surface area contributed by atoms with E-state index in [1.165, 1.54) is 0 Å². The highest BCUT2D eigenvalue weighted by atomic mass is 19.1. The van der Waals surface area contributed by atoms with Gasteiger partial charge in [0.1, 0.15) is 5.82 Å². The Balaban J connectivity index is 1.73. The van der Waals surface area contributed by atoms with E-state index in [0.29, 0.717) is 12.5 Å². The van der Waals surface area contributed by atoms with Crippen molar-refractivity contribution in [1.82, 2.24) is 15.5 Å². The molecule has 2 N–H and O–H groups in total. The molecule has 0 saturated carbocycles. The van der Waals surface area contributed by atoms with Crippen molar-refractivity contribution in [2.45, 2.75) is 32.7 Å². The fourth-order valence-electron chi connectivity index (χ4n) is 3.18. The quantitative estimate of drug-likeness (QED) is 0.402. The fourth-order valence-corrected chi connectivity index (χ4v) is 3.18. The van der Waals surface area contributed by atoms with Crippen LogP contribution in [0.15, 0.2) is 29.3 Å². The van der Waals surface area contributed by atoms with Crippen LogP contribution < -0.4 is 10.6 Å². The molecule has 0 spiro atoms. The van der Waals surface area contributed by atoms with Crippen LogP contribution in [0.1, 0.15) is 31.7 Å². The number of ether oxygens (including phenoxy) is 1. The van der Waals surface area contributed by atoms with Gasteiger partial charge in [-0.1, -0.05) is 18.2 Å². The molecule has 0 aromatic heterocycles. The second-order valence-electron chi connectivity index (χ2n) is 6.80. The lowest BCUT2D eigenvalue weighted by Gasteiger charge is -2.31. The predicted octanol–water partition coefficient (Wildman–Crippen LogP) is 2.63. The Morgan fingerprint density at radius 1 is 1.27 bits per heavy atom. The molecule has 26 heavy (non-hydrogen) atoms. The zero-order valence-corrected chi connectivity index (χ0v) is 16.1. The third-order valence-electron chi connectivity index (χ3n) is 4.73. The molecule has 0 amide bonds. The van der Waals surface area contributed by atoms with Gasteiger partial charge in [0, 0.05) is 45.5 Å². The van der Waals surface area contributed by atoms with Crippen molar-refractivity contribution in [3.8, 4) is 0 Å². The Hall–Kier alpha value is -1.66. The van der Waals surface area contributed by atoms with E-state index in [9.17, 15) is 4.39 Å². The van der Waals surface area contributed by atoms with E-state index in [4.69, 9.17) is 9.73 Å². The molecule has 1 aromatic rings. The molecule has 1 fully saturated rings. The van der Waals surface area contributed by atoms with Crippen LogP contribution in [0.3, 0.4) is 0 Å². The van der Waals surface area contributed by atoms with E-state index in [0.717, 1.165) is 70.1 Å². The number of halogens is 1. The first-order valence-corrected chi connectivity index (χ1v) is 9.69. The van der Waals surface area contributed by atoms with Crippen LogP contribution in [-0.4, -0.2) is 57.3 Å². The Kier molecular flexibility index (Phi) is 9.42. The van der Waals surface area contributed by atoms with Crippen LogP contribution in [-0.2, 0) is 11.3 Å². The number of guanidine groups is 1. The minimum atomic E-state index is -0.103. The molecule has 1 heterocycles. The Morgan fingerprint density at radius 3 is 2.73 bits per heavy atom. The van der Waals surface area contributed by atoms with E-state index >= 15 is 0 Å². The molecule has 1 aliphatic rings. The maximum absolute atomic E-state index is 13.8. The SMILES string of the molecule is CCNC(=NCC1CCN(Cc2ccccc2F)CC1)NCCCOC. The van der Waals surface area contributed by atoms with E-state index in [2.05, 4.69) is 22.5 Å². The van der Waals surface area contributed by atoms with Gasteiger partial charge in [0.2, 0.25) is 0 Å². The first-order chi connectivity index (χ1) is 12.7. The molecule has 0 atom stereocenters. The summed E-state index contributed by atoms with van der Waals surface area (Å²) in [4.78, 5) is 7.07. The van der Waals surface area contributed by atoms with Gasteiger partial charge in [-0.15, -0.1) is 0 Å². The zero-order chi connectivity index (χ0) is 18.6. The normalized spacial score (nSPS) is 16.7. The number of likely N-dealkylation sites (tertiary alicyclic amines) is 1. The summed E-state index contributed by atoms with van der Waals surface area (Å²) in [6, 6.07) is 7.07. The number of nitrogens with zero attached hydrogens (tertiary/aromatic N) is 2. The molecule has 0 aliphatic carbocycles. The second-order valence-corrected chi connectivity index (χ2v) is 6.80. The van der Waals surface area contributed by atoms with Crippen LogP contribution in [0, 0.1) is 11.7 Å². The van der Waals surface area contributed by atoms with E-state index < -0.39 is 0 Å². The lowest BCUT2D eigenvalue weighted by atomic mass is 9.96. The third-order valence-corrected chi connectivity index (χ3v) is 4.73. The number of rotatable bonds is 9. The smallest absolute Gasteiger partial charge is 0.191 e. The molecular weight excluding hydrogens is 331 g/mol. The number of hydrogen-bond donors (Lipinski definition) is 2. The van der Waals surface area contributed by atoms with Crippen LogP contribution in [0.2, 0.25) is 0 Å². The van der Waals surface area contributed by atoms with Gasteiger partial charge >= 0.3 is 0 Å². The van der Waals surface area contributed by atoms with Crippen LogP contribution in [0.4, 0.5) is 4.39 Å². The fraction of sp³-hybridized carbons (Fsp3) is 0.650. The Morgan fingerprint density at radius 2 is 2.04 bits per heavy atom. The van der Waals surface area contributed by atoms with Gasteiger partial charge in [0.25, 0.3) is 0 Å². The monoisotopic (exact) mass is 364 g/mol. The average Bonchev–Trinajstić information content (AvgIpc) is 2.66. The van der Waals surface area contributed by atoms with Gasteiger partial charge in [0.05, 0.1) is 0 Å². The summed E-state index contributed by atoms with van der Waals surface area (Å²) >= 11 is 0. The number of hydrogen-bond acceptors (Lipinski definition) is 3. The minimum Gasteiger partial charge on any atom is -0.385 e. The molecule has 6 heteroatoms. The second kappa shape index (κ2) is 11.9. The highest BCUT2D eigenvalue weighted by Gasteiger charge is 2.19. The standard InChI is InChI=1S/C20H33FN4O/c1-3-22-20(23-11-6-14-26-2)24-15-17-9-12-25(13-10-17)16-18-7-4-5-8-19(18)21/h4-5,7-8,17H,3,6,9-16H2,1-2H3,(H2,22,23,24). The first-order valence-electron chi connectivity index (χ1n) is 9.69. The summed E-state index contributed by atoms with van der Waals surface area (Å²) in [5, 5.41) is 6.64. The lowest BCUT2D eigenvalue weighted by Crippen LogP contribution is -2.39. The van der Waals surface area contributed by atoms with E-state index in [1.807, 2.05) is 12.1 Å². The number of aliphatic imine (C=N–C) groups is 1. The molecule has 2 rings (SSSR count). The third kappa shape index (κ3) is 7.30. The lowest BCUT2D eigenvalue weighted by molar-refractivity contribution is 0.179. The number of piperidine rings is 1. The summed E-state index contributed by atoms with van der Waals surface area (Å²) in [7, 11) is 1.72. The Bertz CT molecular complexity index is 544. The highest BCUT2D eigenvalue weighted by Crippen LogP contribution is 2.20. The average molecular weight is 365 g/mol. The van der Waals surface area contributed by atoms with Crippen molar-refractivity contribution >= 4 is 5.96 Å². The molecule has 1 saturated heterocycles. The van der Waals surface area contributed by atoms with Crippen molar-refractivity contribution in [1.29, 1.82) is 0 Å². The minimum absolute atomic E-state index is 0.103. The van der Waals surface area contributed by atoms with Crippen molar-refractivity contribution in [3.05, 3.63) is 35.6 Å². The van der Waals surface area contributed by atoms with Crippen molar-refractivity contribution in [2.24, 2.45) is 10.9 Å². The van der Waals surface area contributed by atoms with Crippen LogP contribution >= 0.6 is 0 Å². The largest absolute Gasteiger partial charge is 0.385 e. The zero-order valence-electron chi connectivity index (χ0n) is 16.1. The molecule has 0 unspecified atom stereocenters. The Labute approximate surface area is 157 Å². The highest BCUT2D eigenvalue weighted by molar-refractivity contribution is 5.79. The molecule has 0 bridgehead atoms. The molecule has 1 aromatic carbocycles. The molecule has 0 radical (unpaired) electrons. The van der Waals surface area contributed by atoms with Gasteiger partial charge in [-0.3, -0.25) is 9.89 Å². The van der Waals surface area contributed by atoms with Gasteiger partial charge in [-0.05, 0) is 51.3 Å². The summed E-state index contributed by atoms with van der Waals surface area (Å²) in [5.41, 5.74) is 0.790. The predicted molar refractivity (Wildman–Crippen MR) is 105 cm³/mol.